The Bertz CT molecular complexity index is 715. The first-order valence-electron chi connectivity index (χ1n) is 7.99. The summed E-state index contributed by atoms with van der Waals surface area (Å²) >= 11 is 6.24. The molecule has 2 aromatic rings. The molecule has 1 aliphatic rings. The number of hydrogen-bond acceptors (Lipinski definition) is 4. The van der Waals surface area contributed by atoms with Crippen LogP contribution in [0.4, 0.5) is 5.82 Å². The molecule has 0 aliphatic carbocycles. The summed E-state index contributed by atoms with van der Waals surface area (Å²) in [5, 5.41) is 11.0. The maximum absolute atomic E-state index is 11.2. The molecule has 0 unspecified atom stereocenters. The van der Waals surface area contributed by atoms with Crippen LogP contribution in [0.5, 0.6) is 0 Å². The molecule has 1 fully saturated rings. The predicted molar refractivity (Wildman–Crippen MR) is 94.1 cm³/mol. The van der Waals surface area contributed by atoms with E-state index in [1.165, 1.54) is 6.20 Å². The summed E-state index contributed by atoms with van der Waals surface area (Å²) < 4.78 is 0. The molecule has 1 saturated heterocycles. The van der Waals surface area contributed by atoms with Crippen molar-refractivity contribution in [3.63, 3.8) is 0 Å². The minimum absolute atomic E-state index is 0.215. The SMILES string of the molecule is NC(=O)c1cnc(N2CCC([C@@H](O)c3ccccc3)CC2)c(Cl)c1. The Kier molecular flexibility index (Phi) is 5.02. The van der Waals surface area contributed by atoms with Crippen LogP contribution in [0.15, 0.2) is 42.6 Å². The molecule has 3 rings (SSSR count). The molecular weight excluding hydrogens is 326 g/mol. The fraction of sp³-hybridized carbons (Fsp3) is 0.333. The normalized spacial score (nSPS) is 16.8. The van der Waals surface area contributed by atoms with Crippen LogP contribution < -0.4 is 10.6 Å². The Morgan fingerprint density at radius 3 is 2.54 bits per heavy atom. The third-order valence-corrected chi connectivity index (χ3v) is 4.81. The van der Waals surface area contributed by atoms with Crippen molar-refractivity contribution in [1.82, 2.24) is 4.98 Å². The molecule has 0 spiro atoms. The van der Waals surface area contributed by atoms with Gasteiger partial charge in [-0.1, -0.05) is 41.9 Å². The average Bonchev–Trinajstić information content (AvgIpc) is 2.62. The van der Waals surface area contributed by atoms with Crippen LogP contribution >= 0.6 is 11.6 Å². The molecule has 1 aromatic carbocycles. The van der Waals surface area contributed by atoms with Crippen molar-refractivity contribution in [2.75, 3.05) is 18.0 Å². The first-order chi connectivity index (χ1) is 11.6. The van der Waals surface area contributed by atoms with E-state index >= 15 is 0 Å². The van der Waals surface area contributed by atoms with Gasteiger partial charge in [-0.2, -0.15) is 0 Å². The van der Waals surface area contributed by atoms with E-state index in [4.69, 9.17) is 17.3 Å². The molecule has 2 heterocycles. The summed E-state index contributed by atoms with van der Waals surface area (Å²) in [4.78, 5) is 17.5. The van der Waals surface area contributed by atoms with Gasteiger partial charge >= 0.3 is 0 Å². The molecule has 0 bridgehead atoms. The fourth-order valence-electron chi connectivity index (χ4n) is 3.15. The van der Waals surface area contributed by atoms with Crippen molar-refractivity contribution >= 4 is 23.3 Å². The van der Waals surface area contributed by atoms with E-state index in [1.807, 2.05) is 30.3 Å². The Labute approximate surface area is 146 Å². The summed E-state index contributed by atoms with van der Waals surface area (Å²) in [6.07, 6.45) is 2.71. The van der Waals surface area contributed by atoms with Gasteiger partial charge in [0.2, 0.25) is 5.91 Å². The van der Waals surface area contributed by atoms with Gasteiger partial charge in [-0.25, -0.2) is 4.98 Å². The van der Waals surface area contributed by atoms with Crippen molar-refractivity contribution < 1.29 is 9.90 Å². The van der Waals surface area contributed by atoms with Gasteiger partial charge < -0.3 is 15.7 Å². The smallest absolute Gasteiger partial charge is 0.250 e. The van der Waals surface area contributed by atoms with Crippen LogP contribution in [0, 0.1) is 5.92 Å². The Morgan fingerprint density at radius 2 is 1.96 bits per heavy atom. The molecule has 0 radical (unpaired) electrons. The van der Waals surface area contributed by atoms with Gasteiger partial charge in [0.25, 0.3) is 0 Å². The number of hydrogen-bond donors (Lipinski definition) is 2. The molecule has 6 heteroatoms. The van der Waals surface area contributed by atoms with Crippen molar-refractivity contribution in [2.45, 2.75) is 18.9 Å². The summed E-state index contributed by atoms with van der Waals surface area (Å²) in [6.45, 7) is 1.52. The number of pyridine rings is 1. The number of aliphatic hydroxyl groups excluding tert-OH is 1. The number of nitrogens with zero attached hydrogens (tertiary/aromatic N) is 2. The summed E-state index contributed by atoms with van der Waals surface area (Å²) in [5.74, 6) is 0.335. The van der Waals surface area contributed by atoms with E-state index in [-0.39, 0.29) is 5.92 Å². The number of aliphatic hydroxyl groups is 1. The zero-order valence-corrected chi connectivity index (χ0v) is 14.0. The number of piperidine rings is 1. The number of carbonyl (C=O) groups excluding carboxylic acids is 1. The van der Waals surface area contributed by atoms with Gasteiger partial charge in [-0.3, -0.25) is 4.79 Å². The number of primary amides is 1. The summed E-state index contributed by atoms with van der Waals surface area (Å²) in [6, 6.07) is 11.3. The fourth-order valence-corrected chi connectivity index (χ4v) is 3.43. The van der Waals surface area contributed by atoms with E-state index in [0.29, 0.717) is 16.4 Å². The highest BCUT2D eigenvalue weighted by molar-refractivity contribution is 6.33. The highest BCUT2D eigenvalue weighted by atomic mass is 35.5. The molecular formula is C18H20ClN3O2. The van der Waals surface area contributed by atoms with Crippen molar-refractivity contribution in [3.8, 4) is 0 Å². The second-order valence-corrected chi connectivity index (χ2v) is 6.48. The molecule has 1 aliphatic heterocycles. The number of benzene rings is 1. The minimum atomic E-state index is -0.541. The van der Waals surface area contributed by atoms with Crippen molar-refractivity contribution in [3.05, 3.63) is 58.7 Å². The second-order valence-electron chi connectivity index (χ2n) is 6.07. The largest absolute Gasteiger partial charge is 0.388 e. The number of rotatable bonds is 4. The van der Waals surface area contributed by atoms with Gasteiger partial charge in [-0.15, -0.1) is 0 Å². The van der Waals surface area contributed by atoms with Crippen LogP contribution in [0.3, 0.4) is 0 Å². The van der Waals surface area contributed by atoms with E-state index in [0.717, 1.165) is 31.5 Å². The minimum Gasteiger partial charge on any atom is -0.388 e. The lowest BCUT2D eigenvalue weighted by Crippen LogP contribution is -2.36. The number of halogens is 1. The van der Waals surface area contributed by atoms with Gasteiger partial charge in [0.05, 0.1) is 16.7 Å². The van der Waals surface area contributed by atoms with Crippen LogP contribution in [-0.4, -0.2) is 29.1 Å². The molecule has 24 heavy (non-hydrogen) atoms. The van der Waals surface area contributed by atoms with Crippen molar-refractivity contribution in [1.29, 1.82) is 0 Å². The maximum Gasteiger partial charge on any atom is 0.250 e. The second kappa shape index (κ2) is 7.20. The third-order valence-electron chi connectivity index (χ3n) is 4.53. The summed E-state index contributed by atoms with van der Waals surface area (Å²) in [7, 11) is 0. The van der Waals surface area contributed by atoms with Crippen molar-refractivity contribution in [2.24, 2.45) is 11.7 Å². The van der Waals surface area contributed by atoms with Gasteiger partial charge in [0, 0.05) is 19.3 Å². The van der Waals surface area contributed by atoms with Gasteiger partial charge in [-0.05, 0) is 30.4 Å². The van der Waals surface area contributed by atoms with E-state index < -0.39 is 12.0 Å². The lowest BCUT2D eigenvalue weighted by atomic mass is 9.87. The summed E-state index contributed by atoms with van der Waals surface area (Å²) in [5.41, 5.74) is 6.50. The Hall–Kier alpha value is -2.11. The van der Waals surface area contributed by atoms with Gasteiger partial charge in [0.15, 0.2) is 0 Å². The zero-order chi connectivity index (χ0) is 17.1. The monoisotopic (exact) mass is 345 g/mol. The number of carbonyl (C=O) groups is 1. The zero-order valence-electron chi connectivity index (χ0n) is 13.2. The lowest BCUT2D eigenvalue weighted by Gasteiger charge is -2.35. The Balaban J connectivity index is 1.66. The van der Waals surface area contributed by atoms with Crippen LogP contribution in [-0.2, 0) is 0 Å². The standard InChI is InChI=1S/C18H20ClN3O2/c19-15-10-14(17(20)24)11-21-18(15)22-8-6-13(7-9-22)16(23)12-4-2-1-3-5-12/h1-5,10-11,13,16,23H,6-9H2,(H2,20,24)/t16-/m0/s1. The van der Waals surface area contributed by atoms with Gasteiger partial charge in [0.1, 0.15) is 5.82 Å². The lowest BCUT2D eigenvalue weighted by molar-refractivity contribution is 0.0928. The highest BCUT2D eigenvalue weighted by Crippen LogP contribution is 2.33. The average molecular weight is 346 g/mol. The maximum atomic E-state index is 11.2. The first-order valence-corrected chi connectivity index (χ1v) is 8.37. The Morgan fingerprint density at radius 1 is 1.29 bits per heavy atom. The van der Waals surface area contributed by atoms with E-state index in [9.17, 15) is 9.90 Å². The molecule has 1 amide bonds. The first kappa shape index (κ1) is 16.7. The molecule has 1 atom stereocenters. The molecule has 1 aromatic heterocycles. The predicted octanol–water partition coefficient (Wildman–Crippen LogP) is 2.78. The number of nitrogens with two attached hydrogens (primary N) is 1. The number of amides is 1. The molecule has 5 nitrogen and oxygen atoms in total. The number of anilines is 1. The van der Waals surface area contributed by atoms with Crippen LogP contribution in [0.25, 0.3) is 0 Å². The number of aromatic nitrogens is 1. The highest BCUT2D eigenvalue weighted by Gasteiger charge is 2.27. The van der Waals surface area contributed by atoms with Crippen LogP contribution in [0.1, 0.15) is 34.9 Å². The van der Waals surface area contributed by atoms with E-state index in [1.54, 1.807) is 6.07 Å². The van der Waals surface area contributed by atoms with Crippen LogP contribution in [0.2, 0.25) is 5.02 Å². The third kappa shape index (κ3) is 3.52. The molecule has 3 N–H and O–H groups in total. The van der Waals surface area contributed by atoms with E-state index in [2.05, 4.69) is 9.88 Å². The molecule has 0 saturated carbocycles. The molecule has 126 valence electrons. The topological polar surface area (TPSA) is 79.5 Å². The quantitative estimate of drug-likeness (QED) is 0.893.